The number of aryl methyl sites for hydroxylation is 1. The number of nitrogens with zero attached hydrogens (tertiary/aromatic N) is 1. The van der Waals surface area contributed by atoms with Gasteiger partial charge in [-0.25, -0.2) is 9.37 Å². The van der Waals surface area contributed by atoms with Crippen LogP contribution in [-0.2, 0) is 6.54 Å². The Labute approximate surface area is 110 Å². The Kier molecular flexibility index (Phi) is 2.80. The molecule has 1 aromatic heterocycles. The van der Waals surface area contributed by atoms with E-state index in [0.717, 1.165) is 22.2 Å². The molecule has 4 heteroatoms. The largest absolute Gasteiger partial charge is 0.338 e. The lowest BCUT2D eigenvalue weighted by Crippen LogP contribution is -1.96. The van der Waals surface area contributed by atoms with Crippen molar-refractivity contribution in [2.75, 3.05) is 0 Å². The molecule has 0 aliphatic heterocycles. The highest BCUT2D eigenvalue weighted by molar-refractivity contribution is 5.82. The van der Waals surface area contributed by atoms with Crippen LogP contribution >= 0.6 is 0 Å². The zero-order valence-corrected chi connectivity index (χ0v) is 10.6. The molecule has 0 radical (unpaired) electrons. The van der Waals surface area contributed by atoms with Gasteiger partial charge < -0.3 is 10.7 Å². The van der Waals surface area contributed by atoms with Crippen LogP contribution < -0.4 is 5.73 Å². The van der Waals surface area contributed by atoms with E-state index < -0.39 is 0 Å². The molecule has 0 spiro atoms. The second-order valence-electron chi connectivity index (χ2n) is 4.59. The van der Waals surface area contributed by atoms with Crippen LogP contribution in [0.4, 0.5) is 4.39 Å². The molecule has 0 atom stereocenters. The maximum atomic E-state index is 13.9. The van der Waals surface area contributed by atoms with Gasteiger partial charge in [-0.3, -0.25) is 0 Å². The topological polar surface area (TPSA) is 54.7 Å². The van der Waals surface area contributed by atoms with Crippen molar-refractivity contribution >= 4 is 11.0 Å². The van der Waals surface area contributed by atoms with E-state index in [-0.39, 0.29) is 5.82 Å². The maximum Gasteiger partial charge on any atom is 0.141 e. The van der Waals surface area contributed by atoms with Crippen LogP contribution in [0.15, 0.2) is 36.4 Å². The van der Waals surface area contributed by atoms with Gasteiger partial charge in [0.15, 0.2) is 0 Å². The number of fused-ring (bicyclic) bond motifs is 1. The Morgan fingerprint density at radius 2 is 2.11 bits per heavy atom. The molecule has 0 bridgehead atoms. The fourth-order valence-corrected chi connectivity index (χ4v) is 2.20. The number of benzene rings is 2. The van der Waals surface area contributed by atoms with Gasteiger partial charge in [0.05, 0.1) is 16.6 Å². The fraction of sp³-hybridized carbons (Fsp3) is 0.133. The average Bonchev–Trinajstić information content (AvgIpc) is 2.85. The van der Waals surface area contributed by atoms with Crippen LogP contribution in [-0.4, -0.2) is 9.97 Å². The SMILES string of the molecule is Cc1ccc(F)c(-c2nc3c(CN)cccc3[nH]2)c1. The van der Waals surface area contributed by atoms with Crippen molar-refractivity contribution < 1.29 is 4.39 Å². The Bertz CT molecular complexity index is 746. The lowest BCUT2D eigenvalue weighted by atomic mass is 10.1. The highest BCUT2D eigenvalue weighted by atomic mass is 19.1. The second-order valence-corrected chi connectivity index (χ2v) is 4.59. The molecule has 0 amide bonds. The number of H-pyrrole nitrogens is 1. The molecule has 0 unspecified atom stereocenters. The van der Waals surface area contributed by atoms with Crippen molar-refractivity contribution in [3.63, 3.8) is 0 Å². The second kappa shape index (κ2) is 4.48. The van der Waals surface area contributed by atoms with E-state index >= 15 is 0 Å². The normalized spacial score (nSPS) is 11.1. The van der Waals surface area contributed by atoms with Crippen LogP contribution in [0.3, 0.4) is 0 Å². The number of aromatic nitrogens is 2. The van der Waals surface area contributed by atoms with Crippen LogP contribution in [0.2, 0.25) is 0 Å². The fourth-order valence-electron chi connectivity index (χ4n) is 2.20. The molecule has 96 valence electrons. The molecule has 3 aromatic rings. The summed E-state index contributed by atoms with van der Waals surface area (Å²) < 4.78 is 13.9. The van der Waals surface area contributed by atoms with Gasteiger partial charge in [0.2, 0.25) is 0 Å². The molecule has 3 nitrogen and oxygen atoms in total. The number of halogens is 1. The van der Waals surface area contributed by atoms with Gasteiger partial charge in [-0.2, -0.15) is 0 Å². The highest BCUT2D eigenvalue weighted by Gasteiger charge is 2.11. The van der Waals surface area contributed by atoms with Crippen molar-refractivity contribution in [2.24, 2.45) is 5.73 Å². The molecule has 3 rings (SSSR count). The molecule has 19 heavy (non-hydrogen) atoms. The minimum atomic E-state index is -0.279. The van der Waals surface area contributed by atoms with E-state index in [0.29, 0.717) is 17.9 Å². The quantitative estimate of drug-likeness (QED) is 0.739. The zero-order valence-electron chi connectivity index (χ0n) is 10.6. The zero-order chi connectivity index (χ0) is 13.4. The van der Waals surface area contributed by atoms with E-state index in [4.69, 9.17) is 5.73 Å². The monoisotopic (exact) mass is 255 g/mol. The first-order chi connectivity index (χ1) is 9.19. The predicted molar refractivity (Wildman–Crippen MR) is 74.1 cm³/mol. The first-order valence-electron chi connectivity index (χ1n) is 6.13. The van der Waals surface area contributed by atoms with Gasteiger partial charge in [0.1, 0.15) is 11.6 Å². The van der Waals surface area contributed by atoms with Crippen molar-refractivity contribution in [2.45, 2.75) is 13.5 Å². The van der Waals surface area contributed by atoms with E-state index in [2.05, 4.69) is 9.97 Å². The summed E-state index contributed by atoms with van der Waals surface area (Å²) in [6, 6.07) is 10.8. The van der Waals surface area contributed by atoms with E-state index in [9.17, 15) is 4.39 Å². The summed E-state index contributed by atoms with van der Waals surface area (Å²) in [6.45, 7) is 2.34. The van der Waals surface area contributed by atoms with E-state index in [1.165, 1.54) is 6.07 Å². The van der Waals surface area contributed by atoms with E-state index in [1.54, 1.807) is 12.1 Å². The van der Waals surface area contributed by atoms with Crippen LogP contribution in [0.5, 0.6) is 0 Å². The van der Waals surface area contributed by atoms with Crippen LogP contribution in [0, 0.1) is 12.7 Å². The van der Waals surface area contributed by atoms with Crippen molar-refractivity contribution in [1.29, 1.82) is 0 Å². The number of para-hydroxylation sites is 1. The Balaban J connectivity index is 2.23. The summed E-state index contributed by atoms with van der Waals surface area (Å²) in [4.78, 5) is 7.63. The first-order valence-corrected chi connectivity index (χ1v) is 6.13. The average molecular weight is 255 g/mol. The summed E-state index contributed by atoms with van der Waals surface area (Å²) in [5.74, 6) is 0.260. The number of hydrogen-bond acceptors (Lipinski definition) is 2. The number of nitrogens with two attached hydrogens (primary N) is 1. The summed E-state index contributed by atoms with van der Waals surface area (Å²) in [5, 5.41) is 0. The standard InChI is InChI=1S/C15H14FN3/c1-9-5-6-12(16)11(7-9)15-18-13-4-2-3-10(8-17)14(13)19-15/h2-7H,8,17H2,1H3,(H,18,19). The molecular weight excluding hydrogens is 241 g/mol. The van der Waals surface area contributed by atoms with Gasteiger partial charge >= 0.3 is 0 Å². The van der Waals surface area contributed by atoms with Gasteiger partial charge in [0, 0.05) is 6.54 Å². The molecule has 0 saturated carbocycles. The van der Waals surface area contributed by atoms with Crippen molar-refractivity contribution in [3.05, 3.63) is 53.3 Å². The Morgan fingerprint density at radius 3 is 2.89 bits per heavy atom. The lowest BCUT2D eigenvalue weighted by Gasteiger charge is -2.00. The minimum absolute atomic E-state index is 0.279. The molecular formula is C15H14FN3. The molecule has 0 saturated heterocycles. The van der Waals surface area contributed by atoms with Gasteiger partial charge in [-0.05, 0) is 30.7 Å². The number of aromatic amines is 1. The lowest BCUT2D eigenvalue weighted by molar-refractivity contribution is 0.630. The highest BCUT2D eigenvalue weighted by Crippen LogP contribution is 2.25. The number of nitrogens with one attached hydrogen (secondary N) is 1. The first kappa shape index (κ1) is 11.9. The third kappa shape index (κ3) is 2.00. The van der Waals surface area contributed by atoms with Crippen LogP contribution in [0.25, 0.3) is 22.4 Å². The van der Waals surface area contributed by atoms with Gasteiger partial charge in [-0.1, -0.05) is 23.8 Å². The van der Waals surface area contributed by atoms with Crippen molar-refractivity contribution in [1.82, 2.24) is 9.97 Å². The number of imidazole rings is 1. The smallest absolute Gasteiger partial charge is 0.141 e. The molecule has 3 N–H and O–H groups in total. The maximum absolute atomic E-state index is 13.9. The summed E-state index contributed by atoms with van der Waals surface area (Å²) in [5.41, 5.74) is 9.80. The predicted octanol–water partition coefficient (Wildman–Crippen LogP) is 3.14. The Hall–Kier alpha value is -2.20. The summed E-state index contributed by atoms with van der Waals surface area (Å²) in [6.07, 6.45) is 0. The van der Waals surface area contributed by atoms with E-state index in [1.807, 2.05) is 25.1 Å². The third-order valence-corrected chi connectivity index (χ3v) is 3.19. The van der Waals surface area contributed by atoms with Gasteiger partial charge in [-0.15, -0.1) is 0 Å². The molecule has 0 fully saturated rings. The number of hydrogen-bond donors (Lipinski definition) is 2. The molecule has 2 aromatic carbocycles. The summed E-state index contributed by atoms with van der Waals surface area (Å²) >= 11 is 0. The van der Waals surface area contributed by atoms with Gasteiger partial charge in [0.25, 0.3) is 0 Å². The molecule has 1 heterocycles. The van der Waals surface area contributed by atoms with Crippen LogP contribution in [0.1, 0.15) is 11.1 Å². The van der Waals surface area contributed by atoms with Crippen molar-refractivity contribution in [3.8, 4) is 11.4 Å². The Morgan fingerprint density at radius 1 is 1.26 bits per heavy atom. The molecule has 0 aliphatic carbocycles. The minimum Gasteiger partial charge on any atom is -0.338 e. The summed E-state index contributed by atoms with van der Waals surface area (Å²) in [7, 11) is 0. The third-order valence-electron chi connectivity index (χ3n) is 3.19. The molecule has 0 aliphatic rings. The number of rotatable bonds is 2.